The van der Waals surface area contributed by atoms with Crippen molar-refractivity contribution in [1.82, 2.24) is 9.97 Å². The Morgan fingerprint density at radius 3 is 2.13 bits per heavy atom. The van der Waals surface area contributed by atoms with E-state index in [1.807, 2.05) is 60.8 Å². The molecule has 0 bridgehead atoms. The van der Waals surface area contributed by atoms with Crippen LogP contribution in [0.4, 0.5) is 0 Å². The molecule has 0 aliphatic heterocycles. The number of benzene rings is 5. The first-order valence-corrected chi connectivity index (χ1v) is 15.2. The summed E-state index contributed by atoms with van der Waals surface area (Å²) < 4.78 is 6.09. The van der Waals surface area contributed by atoms with Crippen LogP contribution in [0.25, 0.3) is 66.4 Å². The van der Waals surface area contributed by atoms with E-state index < -0.39 is 0 Å². The Kier molecular flexibility index (Phi) is 8.94. The largest absolute Gasteiger partial charge is 0.456 e. The van der Waals surface area contributed by atoms with E-state index in [9.17, 15) is 0 Å². The smallest absolute Gasteiger partial charge is 0.136 e. The van der Waals surface area contributed by atoms with Gasteiger partial charge in [0.15, 0.2) is 0 Å². The van der Waals surface area contributed by atoms with Crippen LogP contribution in [-0.4, -0.2) is 9.97 Å². The van der Waals surface area contributed by atoms with Crippen molar-refractivity contribution in [1.29, 1.82) is 0 Å². The number of aromatic nitrogens is 2. The van der Waals surface area contributed by atoms with Gasteiger partial charge >= 0.3 is 0 Å². The molecule has 0 aliphatic carbocycles. The van der Waals surface area contributed by atoms with Gasteiger partial charge in [-0.15, -0.1) is 65.7 Å². The van der Waals surface area contributed by atoms with E-state index in [4.69, 9.17) is 4.42 Å². The van der Waals surface area contributed by atoms with Crippen LogP contribution in [0.1, 0.15) is 26.3 Å². The quantitative estimate of drug-likeness (QED) is 0.168. The van der Waals surface area contributed by atoms with Gasteiger partial charge in [0.2, 0.25) is 0 Å². The van der Waals surface area contributed by atoms with E-state index in [1.54, 1.807) is 6.20 Å². The number of hydrogen-bond acceptors (Lipinski definition) is 3. The second-order valence-electron chi connectivity index (χ2n) is 12.1. The molecule has 46 heavy (non-hydrogen) atoms. The zero-order valence-electron chi connectivity index (χ0n) is 25.9. The van der Waals surface area contributed by atoms with Gasteiger partial charge in [-0.3, -0.25) is 0 Å². The topological polar surface area (TPSA) is 38.9 Å². The third kappa shape index (κ3) is 6.28. The molecule has 0 aliphatic rings. The van der Waals surface area contributed by atoms with E-state index in [0.717, 1.165) is 44.6 Å². The first-order chi connectivity index (χ1) is 22.0. The molecule has 0 amide bonds. The predicted octanol–water partition coefficient (Wildman–Crippen LogP) is 11.1. The summed E-state index contributed by atoms with van der Waals surface area (Å²) in [6.07, 6.45) is 3.68. The molecular formula is C42H32IrN2O-2. The van der Waals surface area contributed by atoms with Crippen molar-refractivity contribution < 1.29 is 24.5 Å². The minimum absolute atomic E-state index is 0. The van der Waals surface area contributed by atoms with Crippen LogP contribution >= 0.6 is 0 Å². The van der Waals surface area contributed by atoms with Gasteiger partial charge < -0.3 is 14.4 Å². The molecule has 0 fully saturated rings. The monoisotopic (exact) mass is 773 g/mol. The molecule has 1 radical (unpaired) electrons. The molecule has 3 nitrogen and oxygen atoms in total. The second kappa shape index (κ2) is 13.2. The Bertz CT molecular complexity index is 2200. The number of para-hydroxylation sites is 1. The zero-order valence-corrected chi connectivity index (χ0v) is 28.3. The summed E-state index contributed by atoms with van der Waals surface area (Å²) in [7, 11) is 0. The van der Waals surface area contributed by atoms with Gasteiger partial charge in [-0.2, -0.15) is 0 Å². The van der Waals surface area contributed by atoms with Crippen molar-refractivity contribution in [2.75, 3.05) is 0 Å². The maximum Gasteiger partial charge on any atom is 0.136 e. The molecule has 5 aromatic carbocycles. The summed E-state index contributed by atoms with van der Waals surface area (Å²) in [6, 6.07) is 49.9. The van der Waals surface area contributed by atoms with Crippen LogP contribution in [0.15, 0.2) is 144 Å². The standard InChI is InChI=1S/C31H24NO.C11H8N.Ir/c1-31(2,3)22-17-18-32-27(19-22)21-13-11-20(12-14-21)23-8-6-9-25-24(23)15-16-29-30(25)26-7-4-5-10-28(26)33-29;1-2-6-10(7-3-1)11-8-4-5-9-12-11;/h4-13,15-19H,1-3H3;1-6,8-9H;/q2*-1;. The zero-order chi connectivity index (χ0) is 30.8. The molecule has 8 rings (SSSR count). The normalized spacial score (nSPS) is 11.2. The third-order valence-corrected chi connectivity index (χ3v) is 8.08. The molecule has 8 aromatic rings. The molecule has 0 saturated heterocycles. The predicted molar refractivity (Wildman–Crippen MR) is 186 cm³/mol. The summed E-state index contributed by atoms with van der Waals surface area (Å²) in [6.45, 7) is 6.67. The van der Waals surface area contributed by atoms with Gasteiger partial charge in [-0.05, 0) is 57.4 Å². The van der Waals surface area contributed by atoms with Crippen molar-refractivity contribution in [3.8, 4) is 33.6 Å². The number of fused-ring (bicyclic) bond motifs is 5. The fraction of sp³-hybridized carbons (Fsp3) is 0.0952. The average molecular weight is 773 g/mol. The van der Waals surface area contributed by atoms with Crippen molar-refractivity contribution >= 4 is 32.7 Å². The Labute approximate surface area is 283 Å². The second-order valence-corrected chi connectivity index (χ2v) is 12.1. The molecule has 0 unspecified atom stereocenters. The van der Waals surface area contributed by atoms with Crippen molar-refractivity contribution in [3.63, 3.8) is 0 Å². The van der Waals surface area contributed by atoms with Crippen molar-refractivity contribution in [2.24, 2.45) is 0 Å². The maximum atomic E-state index is 6.09. The minimum Gasteiger partial charge on any atom is -0.456 e. The summed E-state index contributed by atoms with van der Waals surface area (Å²) >= 11 is 0. The van der Waals surface area contributed by atoms with E-state index in [-0.39, 0.29) is 25.5 Å². The van der Waals surface area contributed by atoms with Crippen LogP contribution < -0.4 is 0 Å². The molecule has 0 spiro atoms. The molecule has 0 N–H and O–H groups in total. The van der Waals surface area contributed by atoms with Crippen LogP contribution in [-0.2, 0) is 25.5 Å². The number of furan rings is 1. The Morgan fingerprint density at radius 2 is 1.37 bits per heavy atom. The molecule has 0 atom stereocenters. The number of rotatable bonds is 3. The van der Waals surface area contributed by atoms with Crippen LogP contribution in [0, 0.1) is 12.1 Å². The fourth-order valence-corrected chi connectivity index (χ4v) is 5.70. The van der Waals surface area contributed by atoms with Crippen molar-refractivity contribution in [2.45, 2.75) is 26.2 Å². The minimum atomic E-state index is 0. The van der Waals surface area contributed by atoms with E-state index in [0.29, 0.717) is 0 Å². The summed E-state index contributed by atoms with van der Waals surface area (Å²) in [4.78, 5) is 8.81. The molecule has 0 saturated carbocycles. The van der Waals surface area contributed by atoms with E-state index in [1.165, 1.54) is 27.3 Å². The average Bonchev–Trinajstić information content (AvgIpc) is 3.48. The first-order valence-electron chi connectivity index (χ1n) is 15.2. The van der Waals surface area contributed by atoms with Gasteiger partial charge in [-0.1, -0.05) is 92.6 Å². The van der Waals surface area contributed by atoms with Gasteiger partial charge in [-0.25, -0.2) is 0 Å². The van der Waals surface area contributed by atoms with Gasteiger partial charge in [0.25, 0.3) is 0 Å². The SMILES string of the molecule is CC(C)(C)c1ccnc(-c2[c-]cc(-c3cccc4c3ccc3oc5ccccc5c34)cc2)c1.[Ir].[c-]1ccccc1-c1ccccn1. The van der Waals surface area contributed by atoms with Crippen molar-refractivity contribution in [3.05, 3.63) is 157 Å². The molecule has 3 heterocycles. The molecule has 227 valence electrons. The molecule has 4 heteroatoms. The van der Waals surface area contributed by atoms with Crippen LogP contribution in [0.3, 0.4) is 0 Å². The van der Waals surface area contributed by atoms with E-state index in [2.05, 4.69) is 116 Å². The molecule has 3 aromatic heterocycles. The van der Waals surface area contributed by atoms with E-state index >= 15 is 0 Å². The van der Waals surface area contributed by atoms with Gasteiger partial charge in [0.05, 0.1) is 0 Å². The first kappa shape index (κ1) is 31.1. The summed E-state index contributed by atoms with van der Waals surface area (Å²) in [5.41, 5.74) is 9.52. The maximum absolute atomic E-state index is 6.09. The summed E-state index contributed by atoms with van der Waals surface area (Å²) in [5, 5.41) is 4.75. The Hall–Kier alpha value is -4.89. The Balaban J connectivity index is 0.000000241. The fourth-order valence-electron chi connectivity index (χ4n) is 5.70. The third-order valence-electron chi connectivity index (χ3n) is 8.08. The number of nitrogens with zero attached hydrogens (tertiary/aromatic N) is 2. The summed E-state index contributed by atoms with van der Waals surface area (Å²) in [5.74, 6) is 0. The van der Waals surface area contributed by atoms with Gasteiger partial charge in [0.1, 0.15) is 11.2 Å². The van der Waals surface area contributed by atoms with Crippen LogP contribution in [0.5, 0.6) is 0 Å². The number of pyridine rings is 2. The van der Waals surface area contributed by atoms with Crippen LogP contribution in [0.2, 0.25) is 0 Å². The Morgan fingerprint density at radius 1 is 0.587 bits per heavy atom. The number of hydrogen-bond donors (Lipinski definition) is 0. The molecular weight excluding hydrogens is 741 g/mol. The van der Waals surface area contributed by atoms with Gasteiger partial charge in [0, 0.05) is 43.3 Å².